The number of halogens is 2. The van der Waals surface area contributed by atoms with Crippen molar-refractivity contribution in [1.29, 1.82) is 0 Å². The lowest BCUT2D eigenvalue weighted by Crippen LogP contribution is -2.42. The van der Waals surface area contributed by atoms with Crippen LogP contribution in [0.3, 0.4) is 0 Å². The molecule has 0 spiro atoms. The second-order valence-electron chi connectivity index (χ2n) is 9.07. The van der Waals surface area contributed by atoms with Gasteiger partial charge in [-0.15, -0.1) is 11.3 Å². The number of hydrogen-bond acceptors (Lipinski definition) is 7. The van der Waals surface area contributed by atoms with E-state index >= 15 is 0 Å². The van der Waals surface area contributed by atoms with Crippen molar-refractivity contribution in [2.45, 2.75) is 29.9 Å². The van der Waals surface area contributed by atoms with Crippen molar-refractivity contribution >= 4 is 73.3 Å². The first kappa shape index (κ1) is 25.9. The number of amides is 2. The number of fused-ring (bicyclic) bond motifs is 1. The monoisotopic (exact) mass is 576 g/mol. The summed E-state index contributed by atoms with van der Waals surface area (Å²) in [7, 11) is -3.86. The third-order valence-corrected chi connectivity index (χ3v) is 10.6. The van der Waals surface area contributed by atoms with Gasteiger partial charge in [-0.05, 0) is 60.4 Å². The molecule has 0 N–H and O–H groups in total. The topological polar surface area (TPSA) is 91.8 Å². The second-order valence-corrected chi connectivity index (χ2v) is 13.4. The van der Waals surface area contributed by atoms with Crippen LogP contribution in [0.2, 0.25) is 9.36 Å². The van der Waals surface area contributed by atoms with Crippen molar-refractivity contribution in [2.24, 2.45) is 0 Å². The van der Waals surface area contributed by atoms with E-state index < -0.39 is 21.4 Å². The molecule has 37 heavy (non-hydrogen) atoms. The molecule has 1 saturated heterocycles. The molecule has 1 fully saturated rings. The molecular formula is C26H22Cl2N2O5S2. The maximum Gasteiger partial charge on any atom is 0.265 e. The molecule has 2 aliphatic rings. The van der Waals surface area contributed by atoms with Crippen LogP contribution >= 0.6 is 34.5 Å². The van der Waals surface area contributed by atoms with Crippen molar-refractivity contribution in [2.75, 3.05) is 28.6 Å². The standard InChI is InChI=1S/C26H22Cl2N2O5S2/c27-22-14-24(36-25(22)28)37(34,35)15-20(31)11-16-3-5-18(6-4-16)30-23(32)13-17-12-19(29-9-1-2-10-29)7-8-21(17)26(30)33/h3-8,12,14H,1-2,9-11,13,15H2. The fourth-order valence-electron chi connectivity index (χ4n) is 4.65. The van der Waals surface area contributed by atoms with E-state index in [1.165, 1.54) is 6.07 Å². The Hall–Kier alpha value is -2.72. The normalized spacial score (nSPS) is 15.8. The van der Waals surface area contributed by atoms with E-state index in [2.05, 4.69) is 4.90 Å². The summed E-state index contributed by atoms with van der Waals surface area (Å²) in [6.45, 7) is 1.95. The van der Waals surface area contributed by atoms with Crippen LogP contribution in [0.5, 0.6) is 0 Å². The minimum absolute atomic E-state index is 0.0545. The number of rotatable bonds is 7. The SMILES string of the molecule is O=C(Cc1ccc(N2C(=O)Cc3cc(N4CCCC4)ccc3C2=O)cc1)CS(=O)(=O)c1cc(Cl)c(Cl)s1. The van der Waals surface area contributed by atoms with Gasteiger partial charge < -0.3 is 4.90 Å². The predicted molar refractivity (Wildman–Crippen MR) is 145 cm³/mol. The van der Waals surface area contributed by atoms with Gasteiger partial charge in [0.1, 0.15) is 14.3 Å². The van der Waals surface area contributed by atoms with E-state index in [9.17, 15) is 22.8 Å². The average molecular weight is 578 g/mol. The number of imide groups is 1. The van der Waals surface area contributed by atoms with Crippen molar-refractivity contribution < 1.29 is 22.8 Å². The van der Waals surface area contributed by atoms with Gasteiger partial charge >= 0.3 is 0 Å². The minimum atomic E-state index is -3.86. The van der Waals surface area contributed by atoms with Crippen molar-refractivity contribution in [3.05, 3.63) is 74.6 Å². The molecule has 11 heteroatoms. The number of nitrogens with zero attached hydrogens (tertiary/aromatic N) is 2. The fraction of sp³-hybridized carbons (Fsp3) is 0.269. The zero-order valence-corrected chi connectivity index (χ0v) is 22.7. The first-order valence-electron chi connectivity index (χ1n) is 11.7. The summed E-state index contributed by atoms with van der Waals surface area (Å²) in [5.41, 5.74) is 3.23. The summed E-state index contributed by atoms with van der Waals surface area (Å²) in [6.07, 6.45) is 2.28. The molecule has 2 amide bonds. The number of hydrogen-bond donors (Lipinski definition) is 0. The Kier molecular flexibility index (Phi) is 7.15. The quantitative estimate of drug-likeness (QED) is 0.369. The predicted octanol–water partition coefficient (Wildman–Crippen LogP) is 4.97. The Bertz CT molecular complexity index is 1490. The molecule has 3 aromatic rings. The zero-order valence-electron chi connectivity index (χ0n) is 19.6. The lowest BCUT2D eigenvalue weighted by molar-refractivity contribution is -0.118. The van der Waals surface area contributed by atoms with Crippen LogP contribution < -0.4 is 9.80 Å². The van der Waals surface area contributed by atoms with E-state index in [1.807, 2.05) is 12.1 Å². The number of Topliss-reactive ketones (excluding diaryl/α,β-unsaturated/α-hetero) is 1. The van der Waals surface area contributed by atoms with E-state index in [0.717, 1.165) is 53.4 Å². The molecule has 0 atom stereocenters. The van der Waals surface area contributed by atoms with Gasteiger partial charge in [0, 0.05) is 30.8 Å². The summed E-state index contributed by atoms with van der Waals surface area (Å²) in [4.78, 5) is 42.0. The molecule has 2 aromatic carbocycles. The number of carbonyl (C=O) groups excluding carboxylic acids is 3. The summed E-state index contributed by atoms with van der Waals surface area (Å²) in [5, 5.41) is 0.129. The van der Waals surface area contributed by atoms with Crippen molar-refractivity contribution in [3.63, 3.8) is 0 Å². The number of anilines is 2. The highest BCUT2D eigenvalue weighted by Gasteiger charge is 2.33. The Labute approximate surface area is 228 Å². The number of benzene rings is 2. The van der Waals surface area contributed by atoms with Crippen LogP contribution in [0.25, 0.3) is 0 Å². The van der Waals surface area contributed by atoms with E-state index in [-0.39, 0.29) is 38.2 Å². The first-order valence-corrected chi connectivity index (χ1v) is 14.9. The lowest BCUT2D eigenvalue weighted by atomic mass is 9.96. The van der Waals surface area contributed by atoms with Gasteiger partial charge in [-0.3, -0.25) is 14.4 Å². The molecular weight excluding hydrogens is 555 g/mol. The zero-order chi connectivity index (χ0) is 26.3. The van der Waals surface area contributed by atoms with E-state index in [1.54, 1.807) is 30.3 Å². The Morgan fingerprint density at radius 2 is 1.62 bits per heavy atom. The number of ketones is 1. The average Bonchev–Trinajstić information content (AvgIpc) is 3.50. The van der Waals surface area contributed by atoms with Crippen LogP contribution in [0, 0.1) is 0 Å². The van der Waals surface area contributed by atoms with Gasteiger partial charge in [0.15, 0.2) is 15.6 Å². The summed E-state index contributed by atoms with van der Waals surface area (Å²) in [6, 6.07) is 13.3. The second kappa shape index (κ2) is 10.2. The number of thiophene rings is 1. The van der Waals surface area contributed by atoms with Gasteiger partial charge in [-0.25, -0.2) is 13.3 Å². The fourth-order valence-corrected chi connectivity index (χ4v) is 7.85. The van der Waals surface area contributed by atoms with E-state index in [0.29, 0.717) is 16.8 Å². The molecule has 2 aliphatic heterocycles. The highest BCUT2D eigenvalue weighted by Crippen LogP contribution is 2.35. The number of sulfone groups is 1. The molecule has 0 aliphatic carbocycles. The largest absolute Gasteiger partial charge is 0.372 e. The third-order valence-electron chi connectivity index (χ3n) is 6.46. The molecule has 5 rings (SSSR count). The van der Waals surface area contributed by atoms with Crippen LogP contribution in [0.15, 0.2) is 52.7 Å². The van der Waals surface area contributed by atoms with Gasteiger partial charge in [0.2, 0.25) is 5.91 Å². The molecule has 192 valence electrons. The highest BCUT2D eigenvalue weighted by atomic mass is 35.5. The number of carbonyl (C=O) groups is 3. The Morgan fingerprint density at radius 1 is 0.946 bits per heavy atom. The van der Waals surface area contributed by atoms with Crippen LogP contribution in [0.4, 0.5) is 11.4 Å². The summed E-state index contributed by atoms with van der Waals surface area (Å²) in [5.74, 6) is -1.88. The van der Waals surface area contributed by atoms with Crippen molar-refractivity contribution in [3.8, 4) is 0 Å². The Morgan fingerprint density at radius 3 is 2.27 bits per heavy atom. The van der Waals surface area contributed by atoms with Gasteiger partial charge in [-0.2, -0.15) is 0 Å². The van der Waals surface area contributed by atoms with Crippen LogP contribution in [0.1, 0.15) is 34.3 Å². The molecule has 1 aromatic heterocycles. The first-order chi connectivity index (χ1) is 17.6. The van der Waals surface area contributed by atoms with Gasteiger partial charge in [0.25, 0.3) is 5.91 Å². The van der Waals surface area contributed by atoms with E-state index in [4.69, 9.17) is 23.2 Å². The molecule has 3 heterocycles. The van der Waals surface area contributed by atoms with Gasteiger partial charge in [0.05, 0.1) is 17.1 Å². The minimum Gasteiger partial charge on any atom is -0.372 e. The van der Waals surface area contributed by atoms with Crippen LogP contribution in [-0.4, -0.2) is 44.9 Å². The third kappa shape index (κ3) is 5.31. The molecule has 0 radical (unpaired) electrons. The van der Waals surface area contributed by atoms with Crippen LogP contribution in [-0.2, 0) is 32.3 Å². The smallest absolute Gasteiger partial charge is 0.265 e. The summed E-state index contributed by atoms with van der Waals surface area (Å²) < 4.78 is 25.1. The lowest BCUT2D eigenvalue weighted by Gasteiger charge is -2.28. The maximum absolute atomic E-state index is 13.2. The maximum atomic E-state index is 13.2. The molecule has 0 bridgehead atoms. The summed E-state index contributed by atoms with van der Waals surface area (Å²) >= 11 is 12.5. The van der Waals surface area contributed by atoms with Crippen molar-refractivity contribution in [1.82, 2.24) is 0 Å². The molecule has 0 unspecified atom stereocenters. The molecule has 7 nitrogen and oxygen atoms in total. The Balaban J connectivity index is 1.28. The molecule has 0 saturated carbocycles. The highest BCUT2D eigenvalue weighted by molar-refractivity contribution is 7.94. The van der Waals surface area contributed by atoms with Gasteiger partial charge in [-0.1, -0.05) is 35.3 Å².